The Bertz CT molecular complexity index is 1130. The fourth-order valence-corrected chi connectivity index (χ4v) is 5.15. The number of hydrogen-bond donors (Lipinski definition) is 13. The van der Waals surface area contributed by atoms with Gasteiger partial charge in [0.05, 0.1) is 19.3 Å². The minimum absolute atomic E-state index is 0.0537. The molecule has 3 unspecified atom stereocenters. The van der Waals surface area contributed by atoms with Crippen molar-refractivity contribution < 1.29 is 92.1 Å². The number of carbonyl (C=O) groups is 1. The van der Waals surface area contributed by atoms with Crippen LogP contribution in [0.5, 0.6) is 0 Å². The molecule has 14 N–H and O–H groups in total. The average molecular weight is 665 g/mol. The second-order valence-corrected chi connectivity index (χ2v) is 11.8. The molecular formula is C15H30N3O20P3. The number of aliphatic hydroxyl groups is 7. The number of nitrogen functional groups attached to an aromatic ring is 1. The lowest BCUT2D eigenvalue weighted by Gasteiger charge is -2.19. The highest BCUT2D eigenvalue weighted by molar-refractivity contribution is 7.66. The molecule has 1 saturated heterocycles. The predicted molar refractivity (Wildman–Crippen MR) is 128 cm³/mol. The lowest BCUT2D eigenvalue weighted by atomic mass is 10.1. The second kappa shape index (κ2) is 16.9. The van der Waals surface area contributed by atoms with Crippen LogP contribution in [0.3, 0.4) is 0 Å². The maximum Gasteiger partial charge on any atom is 0.490 e. The van der Waals surface area contributed by atoms with Gasteiger partial charge in [-0.1, -0.05) is 0 Å². The SMILES string of the molecule is Nc1ccn([C@@H]2O[C@H](CO)[C@@H](O)[C@H]2O)c(=O)n1.O=CCC(O)C(O)C(O)CO.O=P(O)(O)OP(=O)(O)OP(=O)(O)O. The quantitative estimate of drug-likeness (QED) is 0.0773. The van der Waals surface area contributed by atoms with Crippen molar-refractivity contribution in [3.8, 4) is 0 Å². The molecule has 1 aromatic rings. The number of hydrogen-bond acceptors (Lipinski definition) is 17. The molecule has 0 spiro atoms. The molecule has 41 heavy (non-hydrogen) atoms. The maximum absolute atomic E-state index is 11.5. The van der Waals surface area contributed by atoms with Crippen molar-refractivity contribution in [3.63, 3.8) is 0 Å². The van der Waals surface area contributed by atoms with Gasteiger partial charge >= 0.3 is 29.2 Å². The fourth-order valence-electron chi connectivity index (χ4n) is 2.62. The molecule has 0 amide bonds. The summed E-state index contributed by atoms with van der Waals surface area (Å²) in [5.74, 6) is 0.0537. The average Bonchev–Trinajstić information content (AvgIpc) is 3.09. The Balaban J connectivity index is 0.000000605. The molecule has 1 aromatic heterocycles. The van der Waals surface area contributed by atoms with Crippen LogP contribution in [-0.4, -0.2) is 126 Å². The Kier molecular flexibility index (Phi) is 16.3. The van der Waals surface area contributed by atoms with Crippen molar-refractivity contribution in [2.24, 2.45) is 0 Å². The first-order valence-corrected chi connectivity index (χ1v) is 15.1. The molecule has 0 aromatic carbocycles. The van der Waals surface area contributed by atoms with Gasteiger partial charge in [-0.05, 0) is 6.07 Å². The van der Waals surface area contributed by atoms with Gasteiger partial charge in [-0.3, -0.25) is 4.57 Å². The van der Waals surface area contributed by atoms with Crippen molar-refractivity contribution in [3.05, 3.63) is 22.7 Å². The maximum atomic E-state index is 11.5. The minimum atomic E-state index is -5.46. The monoisotopic (exact) mass is 665 g/mol. The summed E-state index contributed by atoms with van der Waals surface area (Å²) in [5, 5.41) is 63.0. The Hall–Kier alpha value is -1.56. The molecule has 1 aliphatic heterocycles. The van der Waals surface area contributed by atoms with Gasteiger partial charge in [0.15, 0.2) is 6.23 Å². The van der Waals surface area contributed by atoms with E-state index in [1.807, 2.05) is 0 Å². The minimum Gasteiger partial charge on any atom is -0.394 e. The number of ether oxygens (including phenoxy) is 1. The van der Waals surface area contributed by atoms with E-state index in [0.717, 1.165) is 4.57 Å². The smallest absolute Gasteiger partial charge is 0.394 e. The molecule has 240 valence electrons. The number of aromatic nitrogens is 2. The fraction of sp³-hybridized carbons (Fsp3) is 0.667. The van der Waals surface area contributed by atoms with Gasteiger partial charge < -0.3 is 75.5 Å². The van der Waals surface area contributed by atoms with Gasteiger partial charge in [-0.25, -0.2) is 18.5 Å². The zero-order chi connectivity index (χ0) is 32.3. The number of aldehydes is 1. The Morgan fingerprint density at radius 1 is 1.00 bits per heavy atom. The summed E-state index contributed by atoms with van der Waals surface area (Å²) in [5.41, 5.74) is 4.63. The van der Waals surface area contributed by atoms with Crippen LogP contribution in [0.25, 0.3) is 0 Å². The van der Waals surface area contributed by atoms with Crippen LogP contribution in [0.15, 0.2) is 17.1 Å². The van der Waals surface area contributed by atoms with Crippen LogP contribution in [0, 0.1) is 0 Å². The van der Waals surface area contributed by atoms with Gasteiger partial charge in [0.2, 0.25) is 0 Å². The van der Waals surface area contributed by atoms with Crippen LogP contribution in [-0.2, 0) is 31.8 Å². The molecule has 26 heteroatoms. The van der Waals surface area contributed by atoms with Crippen LogP contribution in [0.1, 0.15) is 12.6 Å². The van der Waals surface area contributed by atoms with Crippen molar-refractivity contribution in [1.29, 1.82) is 0 Å². The Morgan fingerprint density at radius 3 is 1.88 bits per heavy atom. The second-order valence-electron chi connectivity index (χ2n) is 7.59. The summed E-state index contributed by atoms with van der Waals surface area (Å²) in [6.07, 6.45) is -7.27. The van der Waals surface area contributed by atoms with Crippen LogP contribution in [0.2, 0.25) is 0 Å². The Morgan fingerprint density at radius 2 is 1.51 bits per heavy atom. The van der Waals surface area contributed by atoms with Gasteiger partial charge in [0, 0.05) is 12.6 Å². The third-order valence-corrected chi connectivity index (χ3v) is 7.73. The number of nitrogens with zero attached hydrogens (tertiary/aromatic N) is 2. The number of phosphoric acid groups is 3. The first-order chi connectivity index (χ1) is 18.6. The zero-order valence-electron chi connectivity index (χ0n) is 20.3. The van der Waals surface area contributed by atoms with Crippen LogP contribution < -0.4 is 11.4 Å². The van der Waals surface area contributed by atoms with Crippen molar-refractivity contribution in [1.82, 2.24) is 9.55 Å². The van der Waals surface area contributed by atoms with Crippen LogP contribution >= 0.6 is 23.5 Å². The highest BCUT2D eigenvalue weighted by atomic mass is 31.3. The van der Waals surface area contributed by atoms with Gasteiger partial charge in [0.25, 0.3) is 0 Å². The van der Waals surface area contributed by atoms with Gasteiger partial charge in [0.1, 0.15) is 42.6 Å². The first kappa shape index (κ1) is 39.4. The van der Waals surface area contributed by atoms with E-state index in [0.29, 0.717) is 6.29 Å². The highest BCUT2D eigenvalue weighted by Gasteiger charge is 2.43. The Labute approximate surface area is 228 Å². The number of anilines is 1. The van der Waals surface area contributed by atoms with E-state index in [1.165, 1.54) is 12.3 Å². The van der Waals surface area contributed by atoms with E-state index in [9.17, 15) is 33.5 Å². The van der Waals surface area contributed by atoms with Crippen molar-refractivity contribution >= 4 is 35.6 Å². The van der Waals surface area contributed by atoms with E-state index in [1.54, 1.807) is 0 Å². The summed E-state index contributed by atoms with van der Waals surface area (Å²) < 4.78 is 42.6. The lowest BCUT2D eigenvalue weighted by Crippen LogP contribution is -2.39. The molecule has 2 heterocycles. The molecular weight excluding hydrogens is 635 g/mol. The van der Waals surface area contributed by atoms with E-state index < -0.39 is 85.2 Å². The topological polar surface area (TPSA) is 400 Å². The number of rotatable bonds is 11. The third kappa shape index (κ3) is 14.9. The molecule has 2 rings (SSSR count). The summed E-state index contributed by atoms with van der Waals surface area (Å²) in [6, 6.07) is 1.37. The van der Waals surface area contributed by atoms with E-state index in [-0.39, 0.29) is 12.2 Å². The standard InChI is InChI=1S/C9H13N3O5.C6H12O5.H5O10P3/c10-5-1-2-12(9(16)11-5)8-7(15)6(14)4(3-13)17-8;7-2-1-4(9)6(11)5(10)3-8;1-11(2,3)9-13(7,8)10-12(4,5)6/h1-2,4,6-8,13-15H,3H2,(H2,10,11,16);2,4-6,8-11H,1,3H2;(H,7,8)(H2,1,2,3)(H2,4,5,6)/t4-,6-,7-,8-;;/m1../s1. The van der Waals surface area contributed by atoms with Gasteiger partial charge in [-0.2, -0.15) is 13.6 Å². The lowest BCUT2D eigenvalue weighted by molar-refractivity contribution is -0.115. The van der Waals surface area contributed by atoms with Crippen molar-refractivity contribution in [2.75, 3.05) is 18.9 Å². The van der Waals surface area contributed by atoms with E-state index >= 15 is 0 Å². The molecule has 0 bridgehead atoms. The number of carbonyl (C=O) groups excluding carboxylic acids is 1. The molecule has 23 nitrogen and oxygen atoms in total. The molecule has 1 aliphatic rings. The zero-order valence-corrected chi connectivity index (χ0v) is 23.0. The summed E-state index contributed by atoms with van der Waals surface area (Å²) >= 11 is 0. The number of nitrogens with two attached hydrogens (primary N) is 1. The molecule has 0 saturated carbocycles. The van der Waals surface area contributed by atoms with Crippen LogP contribution in [0.4, 0.5) is 5.82 Å². The number of aliphatic hydroxyl groups excluding tert-OH is 7. The third-order valence-electron chi connectivity index (χ3n) is 4.38. The molecule has 0 radical (unpaired) electrons. The van der Waals surface area contributed by atoms with E-state index in [2.05, 4.69) is 13.6 Å². The van der Waals surface area contributed by atoms with Crippen molar-refractivity contribution in [2.45, 2.75) is 49.3 Å². The molecule has 7 atom stereocenters. The summed E-state index contributed by atoms with van der Waals surface area (Å²) in [6.45, 7) is -1.09. The van der Waals surface area contributed by atoms with E-state index in [4.69, 9.17) is 60.5 Å². The molecule has 0 aliphatic carbocycles. The largest absolute Gasteiger partial charge is 0.490 e. The predicted octanol–water partition coefficient (Wildman–Crippen LogP) is -5.61. The normalized spacial score (nSPS) is 23.3. The molecule has 1 fully saturated rings. The first-order valence-electron chi connectivity index (χ1n) is 10.5. The highest BCUT2D eigenvalue weighted by Crippen LogP contribution is 2.64. The summed E-state index contributed by atoms with van der Waals surface area (Å²) in [7, 11) is -16.2. The summed E-state index contributed by atoms with van der Waals surface area (Å²) in [4.78, 5) is 65.0. The van der Waals surface area contributed by atoms with Gasteiger partial charge in [-0.15, -0.1) is 0 Å².